The van der Waals surface area contributed by atoms with Crippen LogP contribution in [0.5, 0.6) is 0 Å². The van der Waals surface area contributed by atoms with Gasteiger partial charge in [0.2, 0.25) is 0 Å². The average molecular weight is 231 g/mol. The minimum Gasteiger partial charge on any atom is -0.388 e. The molecule has 0 saturated heterocycles. The lowest BCUT2D eigenvalue weighted by atomic mass is 9.86. The zero-order valence-corrected chi connectivity index (χ0v) is 9.65. The first-order valence-electron chi connectivity index (χ1n) is 4.60. The maximum Gasteiger partial charge on any atom is 0.0816 e. The molecule has 0 heterocycles. The Balaban J connectivity index is 2.73. The molecule has 76 valence electrons. The zero-order valence-electron chi connectivity index (χ0n) is 8.14. The van der Waals surface area contributed by atoms with Crippen molar-refractivity contribution < 1.29 is 5.11 Å². The second-order valence-corrected chi connectivity index (χ2v) is 5.24. The van der Waals surface area contributed by atoms with E-state index < -0.39 is 6.10 Å². The van der Waals surface area contributed by atoms with Crippen LogP contribution in [0.4, 0.5) is 0 Å². The van der Waals surface area contributed by atoms with Crippen LogP contribution in [0.3, 0.4) is 0 Å². The normalized spacial score (nSPS) is 23.6. The maximum absolute atomic E-state index is 9.88. The summed E-state index contributed by atoms with van der Waals surface area (Å²) in [5, 5.41) is 11.2. The molecule has 1 atom stereocenters. The van der Waals surface area contributed by atoms with Gasteiger partial charge < -0.3 is 5.11 Å². The van der Waals surface area contributed by atoms with Crippen LogP contribution in [-0.2, 0) is 5.41 Å². The van der Waals surface area contributed by atoms with Gasteiger partial charge in [-0.15, -0.1) is 0 Å². The Morgan fingerprint density at radius 3 is 2.43 bits per heavy atom. The van der Waals surface area contributed by atoms with Crippen LogP contribution < -0.4 is 0 Å². The molecule has 1 N–H and O–H groups in total. The van der Waals surface area contributed by atoms with Crippen molar-refractivity contribution in [3.8, 4) is 0 Å². The minimum absolute atomic E-state index is 0.0866. The van der Waals surface area contributed by atoms with E-state index in [0.717, 1.165) is 11.1 Å². The maximum atomic E-state index is 9.88. The summed E-state index contributed by atoms with van der Waals surface area (Å²) in [4.78, 5) is 0. The third kappa shape index (κ3) is 1.35. The van der Waals surface area contributed by atoms with Crippen LogP contribution >= 0.6 is 23.2 Å². The predicted octanol–water partition coefficient (Wildman–Crippen LogP) is 3.71. The molecule has 14 heavy (non-hydrogen) atoms. The van der Waals surface area contributed by atoms with Crippen LogP contribution in [0.1, 0.15) is 37.5 Å². The van der Waals surface area contributed by atoms with E-state index in [4.69, 9.17) is 23.2 Å². The summed E-state index contributed by atoms with van der Waals surface area (Å²) in [7, 11) is 0. The van der Waals surface area contributed by atoms with Gasteiger partial charge in [0.25, 0.3) is 0 Å². The van der Waals surface area contributed by atoms with Gasteiger partial charge in [-0.25, -0.2) is 0 Å². The highest BCUT2D eigenvalue weighted by atomic mass is 35.5. The Bertz CT molecular complexity index is 385. The average Bonchev–Trinajstić information content (AvgIpc) is 2.30. The fourth-order valence-corrected chi connectivity index (χ4v) is 2.97. The van der Waals surface area contributed by atoms with Crippen LogP contribution in [-0.4, -0.2) is 5.11 Å². The fraction of sp³-hybridized carbons (Fsp3) is 0.455. The van der Waals surface area contributed by atoms with Crippen molar-refractivity contribution >= 4 is 23.2 Å². The van der Waals surface area contributed by atoms with Gasteiger partial charge in [0, 0.05) is 15.6 Å². The molecule has 3 heteroatoms. The lowest BCUT2D eigenvalue weighted by molar-refractivity contribution is 0.161. The van der Waals surface area contributed by atoms with Gasteiger partial charge in [0.1, 0.15) is 0 Å². The Morgan fingerprint density at radius 1 is 1.29 bits per heavy atom. The molecule has 0 spiro atoms. The monoisotopic (exact) mass is 230 g/mol. The van der Waals surface area contributed by atoms with E-state index in [0.29, 0.717) is 16.5 Å². The molecule has 1 aliphatic rings. The lowest BCUT2D eigenvalue weighted by Gasteiger charge is -2.19. The Hall–Kier alpha value is -0.240. The second-order valence-electron chi connectivity index (χ2n) is 4.42. The number of halogens is 2. The molecule has 0 bridgehead atoms. The number of aliphatic hydroxyl groups excluding tert-OH is 1. The molecule has 0 saturated carbocycles. The summed E-state index contributed by atoms with van der Waals surface area (Å²) in [6.45, 7) is 4.15. The van der Waals surface area contributed by atoms with Crippen molar-refractivity contribution in [2.75, 3.05) is 0 Å². The molecule has 0 fully saturated rings. The van der Waals surface area contributed by atoms with Gasteiger partial charge in [-0.1, -0.05) is 37.0 Å². The van der Waals surface area contributed by atoms with Crippen molar-refractivity contribution in [1.29, 1.82) is 0 Å². The molecule has 0 aliphatic heterocycles. The van der Waals surface area contributed by atoms with Gasteiger partial charge in [-0.2, -0.15) is 0 Å². The summed E-state index contributed by atoms with van der Waals surface area (Å²) in [5.74, 6) is 0. The zero-order chi connectivity index (χ0) is 10.5. The van der Waals surface area contributed by atoms with Crippen molar-refractivity contribution in [1.82, 2.24) is 0 Å². The van der Waals surface area contributed by atoms with Crippen molar-refractivity contribution in [3.05, 3.63) is 33.3 Å². The Kier molecular flexibility index (Phi) is 2.30. The lowest BCUT2D eigenvalue weighted by Crippen LogP contribution is -2.12. The molecular formula is C11H12Cl2O. The summed E-state index contributed by atoms with van der Waals surface area (Å²) in [6, 6.07) is 3.54. The van der Waals surface area contributed by atoms with Gasteiger partial charge in [0.15, 0.2) is 0 Å². The van der Waals surface area contributed by atoms with E-state index in [1.807, 2.05) is 0 Å². The fourth-order valence-electron chi connectivity index (χ4n) is 2.27. The van der Waals surface area contributed by atoms with Crippen LogP contribution in [0.25, 0.3) is 0 Å². The van der Waals surface area contributed by atoms with Gasteiger partial charge in [-0.05, 0) is 29.5 Å². The molecule has 0 unspecified atom stereocenters. The number of aliphatic hydroxyl groups is 1. The SMILES string of the molecule is CC1(C)C[C@H](O)c2c(Cl)ccc(Cl)c21. The molecule has 1 aliphatic carbocycles. The van der Waals surface area contributed by atoms with E-state index in [2.05, 4.69) is 13.8 Å². The number of benzene rings is 1. The number of hydrogen-bond acceptors (Lipinski definition) is 1. The first-order valence-corrected chi connectivity index (χ1v) is 5.35. The van der Waals surface area contributed by atoms with Crippen molar-refractivity contribution in [3.63, 3.8) is 0 Å². The van der Waals surface area contributed by atoms with Gasteiger partial charge >= 0.3 is 0 Å². The first kappa shape index (κ1) is 10.3. The van der Waals surface area contributed by atoms with E-state index in [-0.39, 0.29) is 5.41 Å². The highest BCUT2D eigenvalue weighted by Crippen LogP contribution is 2.49. The molecule has 0 radical (unpaired) electrons. The predicted molar refractivity (Wildman–Crippen MR) is 59.1 cm³/mol. The van der Waals surface area contributed by atoms with E-state index in [1.165, 1.54) is 0 Å². The molecule has 1 aromatic rings. The minimum atomic E-state index is -0.480. The highest BCUT2D eigenvalue weighted by Gasteiger charge is 2.39. The summed E-state index contributed by atoms with van der Waals surface area (Å²) < 4.78 is 0. The number of hydrogen-bond donors (Lipinski definition) is 1. The van der Waals surface area contributed by atoms with Gasteiger partial charge in [-0.3, -0.25) is 0 Å². The topological polar surface area (TPSA) is 20.2 Å². The van der Waals surface area contributed by atoms with Crippen molar-refractivity contribution in [2.45, 2.75) is 31.8 Å². The molecule has 1 nitrogen and oxygen atoms in total. The third-order valence-corrected chi connectivity index (χ3v) is 3.50. The Labute approximate surface area is 93.7 Å². The van der Waals surface area contributed by atoms with E-state index >= 15 is 0 Å². The molecule has 2 rings (SSSR count). The smallest absolute Gasteiger partial charge is 0.0816 e. The molecular weight excluding hydrogens is 219 g/mol. The largest absolute Gasteiger partial charge is 0.388 e. The van der Waals surface area contributed by atoms with Crippen LogP contribution in [0.15, 0.2) is 12.1 Å². The third-order valence-electron chi connectivity index (χ3n) is 2.86. The number of rotatable bonds is 0. The summed E-state index contributed by atoms with van der Waals surface area (Å²) in [5.41, 5.74) is 1.72. The summed E-state index contributed by atoms with van der Waals surface area (Å²) >= 11 is 12.2. The molecule has 0 aromatic heterocycles. The van der Waals surface area contributed by atoms with Crippen molar-refractivity contribution in [2.24, 2.45) is 0 Å². The highest BCUT2D eigenvalue weighted by molar-refractivity contribution is 6.34. The quantitative estimate of drug-likeness (QED) is 0.721. The standard InChI is InChI=1S/C11H12Cl2O/c1-11(2)5-8(14)9-6(12)3-4-7(13)10(9)11/h3-4,8,14H,5H2,1-2H3/t8-/m0/s1. The van der Waals surface area contributed by atoms with Crippen LogP contribution in [0.2, 0.25) is 10.0 Å². The van der Waals surface area contributed by atoms with E-state index in [9.17, 15) is 5.11 Å². The van der Waals surface area contributed by atoms with E-state index in [1.54, 1.807) is 12.1 Å². The van der Waals surface area contributed by atoms with Crippen LogP contribution in [0, 0.1) is 0 Å². The second kappa shape index (κ2) is 3.13. The summed E-state index contributed by atoms with van der Waals surface area (Å²) in [6.07, 6.45) is 0.206. The number of fused-ring (bicyclic) bond motifs is 1. The first-order chi connectivity index (χ1) is 6.43. The molecule has 0 amide bonds. The van der Waals surface area contributed by atoms with Gasteiger partial charge in [0.05, 0.1) is 6.10 Å². The Morgan fingerprint density at radius 2 is 1.86 bits per heavy atom. The molecule has 1 aromatic carbocycles.